The fourth-order valence-corrected chi connectivity index (χ4v) is 1.67. The molecule has 0 bridgehead atoms. The Hall–Kier alpha value is -1.75. The molecule has 1 aromatic carbocycles. The van der Waals surface area contributed by atoms with E-state index in [0.717, 1.165) is 0 Å². The lowest BCUT2D eigenvalue weighted by Crippen LogP contribution is -2.19. The number of nitrogens with two attached hydrogens (primary N) is 1. The third-order valence-electron chi connectivity index (χ3n) is 2.46. The van der Waals surface area contributed by atoms with E-state index in [-0.39, 0.29) is 11.9 Å². The van der Waals surface area contributed by atoms with E-state index in [1.54, 1.807) is 18.2 Å². The second-order valence-electron chi connectivity index (χ2n) is 4.17. The van der Waals surface area contributed by atoms with E-state index >= 15 is 0 Å². The van der Waals surface area contributed by atoms with Crippen molar-refractivity contribution in [2.75, 3.05) is 12.3 Å². The summed E-state index contributed by atoms with van der Waals surface area (Å²) in [7, 11) is 0. The lowest BCUT2D eigenvalue weighted by molar-refractivity contribution is 0.0723. The minimum atomic E-state index is -0.377. The van der Waals surface area contributed by atoms with Gasteiger partial charge in [0, 0.05) is 5.69 Å². The molecule has 0 aliphatic heterocycles. The van der Waals surface area contributed by atoms with Crippen LogP contribution in [0.1, 0.15) is 13.8 Å². The van der Waals surface area contributed by atoms with Crippen molar-refractivity contribution in [2.24, 2.45) is 0 Å². The highest BCUT2D eigenvalue weighted by Gasteiger charge is 2.09. The molecule has 0 atom stereocenters. The average Bonchev–Trinajstić information content (AvgIpc) is 2.55. The molecule has 0 aliphatic rings. The zero-order valence-corrected chi connectivity index (χ0v) is 9.97. The van der Waals surface area contributed by atoms with E-state index < -0.39 is 0 Å². The van der Waals surface area contributed by atoms with Gasteiger partial charge in [0.25, 0.3) is 0 Å². The molecule has 0 amide bonds. The normalized spacial score (nSPS) is 11.5. The summed E-state index contributed by atoms with van der Waals surface area (Å²) < 4.78 is 12.1. The van der Waals surface area contributed by atoms with Crippen LogP contribution in [0.5, 0.6) is 0 Å². The lowest BCUT2D eigenvalue weighted by Gasteiger charge is -2.07. The zero-order valence-electron chi connectivity index (χ0n) is 9.97. The van der Waals surface area contributed by atoms with E-state index in [1.165, 1.54) is 4.57 Å². The maximum atomic E-state index is 11.6. The minimum absolute atomic E-state index is 0.147. The van der Waals surface area contributed by atoms with Crippen LogP contribution in [0.2, 0.25) is 0 Å². The van der Waals surface area contributed by atoms with Gasteiger partial charge in [-0.25, -0.2) is 4.79 Å². The van der Waals surface area contributed by atoms with Gasteiger partial charge in [-0.3, -0.25) is 4.57 Å². The summed E-state index contributed by atoms with van der Waals surface area (Å²) >= 11 is 0. The van der Waals surface area contributed by atoms with Gasteiger partial charge in [-0.15, -0.1) is 0 Å². The molecule has 0 spiro atoms. The predicted molar refractivity (Wildman–Crippen MR) is 66.0 cm³/mol. The van der Waals surface area contributed by atoms with Crippen LogP contribution in [-0.2, 0) is 11.3 Å². The molecular formula is C12H16N2O3. The molecule has 2 rings (SSSR count). The van der Waals surface area contributed by atoms with Crippen molar-refractivity contribution in [1.29, 1.82) is 0 Å². The summed E-state index contributed by atoms with van der Waals surface area (Å²) in [5, 5.41) is 0. The van der Waals surface area contributed by atoms with Crippen LogP contribution in [0.3, 0.4) is 0 Å². The maximum Gasteiger partial charge on any atom is 0.420 e. The molecule has 0 saturated heterocycles. The second kappa shape index (κ2) is 4.63. The Morgan fingerprint density at radius 3 is 2.94 bits per heavy atom. The van der Waals surface area contributed by atoms with Gasteiger partial charge in [0.1, 0.15) is 0 Å². The maximum absolute atomic E-state index is 11.6. The molecule has 5 nitrogen and oxygen atoms in total. The topological polar surface area (TPSA) is 70.4 Å². The van der Waals surface area contributed by atoms with E-state index in [0.29, 0.717) is 29.9 Å². The number of aromatic nitrogens is 1. The third kappa shape index (κ3) is 2.50. The Kier molecular flexibility index (Phi) is 3.19. The summed E-state index contributed by atoms with van der Waals surface area (Å²) in [6.45, 7) is 4.84. The molecule has 17 heavy (non-hydrogen) atoms. The number of hydrogen-bond donors (Lipinski definition) is 1. The van der Waals surface area contributed by atoms with Crippen LogP contribution in [-0.4, -0.2) is 17.3 Å². The van der Waals surface area contributed by atoms with Gasteiger partial charge < -0.3 is 14.9 Å². The number of nitrogen functional groups attached to an aromatic ring is 1. The van der Waals surface area contributed by atoms with Crippen molar-refractivity contribution in [3.05, 3.63) is 28.7 Å². The van der Waals surface area contributed by atoms with Crippen LogP contribution >= 0.6 is 0 Å². The first-order chi connectivity index (χ1) is 8.08. The van der Waals surface area contributed by atoms with E-state index in [2.05, 4.69) is 0 Å². The Labute approximate surface area is 98.8 Å². The van der Waals surface area contributed by atoms with Crippen LogP contribution < -0.4 is 11.5 Å². The Bertz CT molecular complexity index is 569. The minimum Gasteiger partial charge on any atom is -0.408 e. The first-order valence-electron chi connectivity index (χ1n) is 5.58. The Morgan fingerprint density at radius 1 is 1.47 bits per heavy atom. The SMILES string of the molecule is CC(C)OCCn1c(=O)oc2ccc(N)cc21. The summed E-state index contributed by atoms with van der Waals surface area (Å²) in [5.41, 5.74) is 7.56. The molecule has 0 unspecified atom stereocenters. The molecule has 1 aromatic heterocycles. The molecule has 0 aliphatic carbocycles. The molecule has 1 heterocycles. The Morgan fingerprint density at radius 2 is 2.24 bits per heavy atom. The van der Waals surface area contributed by atoms with E-state index in [9.17, 15) is 4.79 Å². The summed E-state index contributed by atoms with van der Waals surface area (Å²) in [6, 6.07) is 5.14. The molecule has 5 heteroatoms. The Balaban J connectivity index is 2.29. The van der Waals surface area contributed by atoms with Crippen LogP contribution in [0.4, 0.5) is 5.69 Å². The van der Waals surface area contributed by atoms with Gasteiger partial charge in [-0.05, 0) is 32.0 Å². The van der Waals surface area contributed by atoms with Gasteiger partial charge in [0.15, 0.2) is 5.58 Å². The lowest BCUT2D eigenvalue weighted by atomic mass is 10.3. The number of benzene rings is 1. The number of rotatable bonds is 4. The first-order valence-corrected chi connectivity index (χ1v) is 5.58. The number of anilines is 1. The number of fused-ring (bicyclic) bond motifs is 1. The molecule has 0 fully saturated rings. The highest BCUT2D eigenvalue weighted by molar-refractivity contribution is 5.76. The highest BCUT2D eigenvalue weighted by atomic mass is 16.5. The number of oxazole rings is 1. The monoisotopic (exact) mass is 236 g/mol. The average molecular weight is 236 g/mol. The van der Waals surface area contributed by atoms with Gasteiger partial charge in [0.05, 0.1) is 24.8 Å². The van der Waals surface area contributed by atoms with E-state index in [1.807, 2.05) is 13.8 Å². The van der Waals surface area contributed by atoms with E-state index in [4.69, 9.17) is 14.9 Å². The van der Waals surface area contributed by atoms with Crippen LogP contribution in [0.25, 0.3) is 11.1 Å². The predicted octanol–water partition coefficient (Wildman–Crippen LogP) is 1.60. The number of nitrogens with zero attached hydrogens (tertiary/aromatic N) is 1. The molecule has 2 N–H and O–H groups in total. The van der Waals surface area contributed by atoms with Crippen LogP contribution in [0, 0.1) is 0 Å². The largest absolute Gasteiger partial charge is 0.420 e. The molecule has 0 saturated carbocycles. The molecule has 92 valence electrons. The summed E-state index contributed by atoms with van der Waals surface area (Å²) in [5.74, 6) is -0.377. The molecular weight excluding hydrogens is 220 g/mol. The van der Waals surface area contributed by atoms with Crippen molar-refractivity contribution in [3.63, 3.8) is 0 Å². The van der Waals surface area contributed by atoms with Gasteiger partial charge in [-0.2, -0.15) is 0 Å². The van der Waals surface area contributed by atoms with Gasteiger partial charge in [0.2, 0.25) is 0 Å². The van der Waals surface area contributed by atoms with Crippen molar-refractivity contribution in [1.82, 2.24) is 4.57 Å². The quantitative estimate of drug-likeness (QED) is 0.818. The van der Waals surface area contributed by atoms with Crippen LogP contribution in [0.15, 0.2) is 27.4 Å². The first kappa shape index (κ1) is 11.7. The highest BCUT2D eigenvalue weighted by Crippen LogP contribution is 2.16. The number of ether oxygens (including phenoxy) is 1. The standard InChI is InChI=1S/C12H16N2O3/c1-8(2)16-6-5-14-10-7-9(13)3-4-11(10)17-12(14)15/h3-4,7-8H,5-6,13H2,1-2H3. The van der Waals surface area contributed by atoms with Gasteiger partial charge >= 0.3 is 5.76 Å². The van der Waals surface area contributed by atoms with Gasteiger partial charge in [-0.1, -0.05) is 0 Å². The van der Waals surface area contributed by atoms with Crippen molar-refractivity contribution in [2.45, 2.75) is 26.5 Å². The molecule has 2 aromatic rings. The fraction of sp³-hybridized carbons (Fsp3) is 0.417. The summed E-state index contributed by atoms with van der Waals surface area (Å²) in [4.78, 5) is 11.6. The molecule has 0 radical (unpaired) electrons. The number of hydrogen-bond acceptors (Lipinski definition) is 4. The fourth-order valence-electron chi connectivity index (χ4n) is 1.67. The second-order valence-corrected chi connectivity index (χ2v) is 4.17. The van der Waals surface area contributed by atoms with Crippen molar-refractivity contribution >= 4 is 16.8 Å². The summed E-state index contributed by atoms with van der Waals surface area (Å²) in [6.07, 6.45) is 0.147. The zero-order chi connectivity index (χ0) is 12.4. The smallest absolute Gasteiger partial charge is 0.408 e. The van der Waals surface area contributed by atoms with Crippen molar-refractivity contribution < 1.29 is 9.15 Å². The van der Waals surface area contributed by atoms with Crippen molar-refractivity contribution in [3.8, 4) is 0 Å². The third-order valence-corrected chi connectivity index (χ3v) is 2.46.